The van der Waals surface area contributed by atoms with Gasteiger partial charge >= 0.3 is 5.97 Å². The number of nitrogens with one attached hydrogen (secondary N) is 1. The van der Waals surface area contributed by atoms with Gasteiger partial charge in [0.15, 0.2) is 18.2 Å². The van der Waals surface area contributed by atoms with E-state index in [1.807, 2.05) is 48.5 Å². The highest BCUT2D eigenvalue weighted by atomic mass is 16.7. The van der Waals surface area contributed by atoms with E-state index in [2.05, 4.69) is 10.2 Å². The summed E-state index contributed by atoms with van der Waals surface area (Å²) >= 11 is 0. The molecular formula is C31H40N2O8. The third-order valence-electron chi connectivity index (χ3n) is 7.94. The summed E-state index contributed by atoms with van der Waals surface area (Å²) in [5, 5.41) is 12.3. The van der Waals surface area contributed by atoms with Crippen molar-refractivity contribution in [2.24, 2.45) is 0 Å². The minimum Gasteiger partial charge on any atom is -0.453 e. The fourth-order valence-electron chi connectivity index (χ4n) is 5.61. The van der Waals surface area contributed by atoms with Crippen molar-refractivity contribution < 1.29 is 38.4 Å². The van der Waals surface area contributed by atoms with Crippen LogP contribution in [-0.4, -0.2) is 72.7 Å². The van der Waals surface area contributed by atoms with E-state index in [1.165, 1.54) is 6.92 Å². The van der Waals surface area contributed by atoms with Crippen LogP contribution in [0.4, 0.5) is 0 Å². The lowest BCUT2D eigenvalue weighted by Crippen LogP contribution is -2.48. The van der Waals surface area contributed by atoms with Gasteiger partial charge < -0.3 is 39.0 Å². The van der Waals surface area contributed by atoms with Crippen molar-refractivity contribution in [1.29, 1.82) is 0 Å². The fraction of sp³-hybridized carbons (Fsp3) is 0.548. The number of piperidine rings is 1. The first-order valence-electron chi connectivity index (χ1n) is 14.4. The SMILES string of the molecule is CC(=O)OC(C)C(=O)NCc1ccc(C2OC(CN3CCC4(CC3)OCCO4)CC(c3ccc(CO)cc3)O2)cc1. The molecule has 3 aliphatic heterocycles. The zero-order valence-corrected chi connectivity index (χ0v) is 23.8. The minimum absolute atomic E-state index is 0.000484. The highest BCUT2D eigenvalue weighted by Gasteiger charge is 2.41. The van der Waals surface area contributed by atoms with Crippen molar-refractivity contribution in [2.45, 2.75) is 76.7 Å². The van der Waals surface area contributed by atoms with Crippen LogP contribution in [0.15, 0.2) is 48.5 Å². The fourth-order valence-corrected chi connectivity index (χ4v) is 5.61. The van der Waals surface area contributed by atoms with E-state index >= 15 is 0 Å². The number of ether oxygens (including phenoxy) is 5. The van der Waals surface area contributed by atoms with Gasteiger partial charge in [-0.2, -0.15) is 0 Å². The van der Waals surface area contributed by atoms with Gasteiger partial charge in [-0.15, -0.1) is 0 Å². The maximum atomic E-state index is 12.2. The van der Waals surface area contributed by atoms with Crippen LogP contribution in [0.1, 0.15) is 67.8 Å². The smallest absolute Gasteiger partial charge is 0.303 e. The summed E-state index contributed by atoms with van der Waals surface area (Å²) in [5.74, 6) is -1.26. The number of aliphatic hydroxyl groups excluding tert-OH is 1. The second kappa shape index (κ2) is 13.4. The first kappa shape index (κ1) is 29.6. The standard InChI is InChI=1S/C31H40N2O8/c1-21(39-22(2)35)29(36)32-18-23-3-9-26(10-4-23)30-40-27(17-28(41-30)25-7-5-24(20-34)6-8-25)19-33-13-11-31(12-14-33)37-15-16-38-31/h3-10,21,27-28,30,34H,11-20H2,1-2H3,(H,32,36). The predicted molar refractivity (Wildman–Crippen MR) is 148 cm³/mol. The molecule has 0 bridgehead atoms. The van der Waals surface area contributed by atoms with Gasteiger partial charge in [-0.1, -0.05) is 48.5 Å². The van der Waals surface area contributed by atoms with Gasteiger partial charge in [0.1, 0.15) is 0 Å². The Morgan fingerprint density at radius 2 is 1.63 bits per heavy atom. The molecule has 4 unspecified atom stereocenters. The van der Waals surface area contributed by atoms with Gasteiger partial charge in [-0.3, -0.25) is 9.59 Å². The normalized spacial score (nSPS) is 25.1. The zero-order valence-electron chi connectivity index (χ0n) is 23.8. The molecule has 3 fully saturated rings. The van der Waals surface area contributed by atoms with Crippen molar-refractivity contribution in [3.63, 3.8) is 0 Å². The van der Waals surface area contributed by atoms with Gasteiger partial charge in [0, 0.05) is 57.9 Å². The molecule has 3 aliphatic rings. The molecule has 0 aromatic heterocycles. The highest BCUT2D eigenvalue weighted by molar-refractivity contribution is 5.82. The second-order valence-electron chi connectivity index (χ2n) is 11.0. The minimum atomic E-state index is -0.847. The van der Waals surface area contributed by atoms with Crippen LogP contribution in [0.25, 0.3) is 0 Å². The van der Waals surface area contributed by atoms with Gasteiger partial charge in [-0.25, -0.2) is 0 Å². The average Bonchev–Trinajstić information content (AvgIpc) is 3.45. The molecule has 3 heterocycles. The van der Waals surface area contributed by atoms with Crippen LogP contribution in [0, 0.1) is 0 Å². The Balaban J connectivity index is 1.24. The summed E-state index contributed by atoms with van der Waals surface area (Å²) in [6.45, 7) is 7.02. The number of hydrogen-bond acceptors (Lipinski definition) is 9. The molecule has 0 aliphatic carbocycles. The number of aliphatic hydroxyl groups is 1. The number of likely N-dealkylation sites (tertiary alicyclic amines) is 1. The zero-order chi connectivity index (χ0) is 28.8. The largest absolute Gasteiger partial charge is 0.453 e. The number of carbonyl (C=O) groups excluding carboxylic acids is 2. The summed E-state index contributed by atoms with van der Waals surface area (Å²) < 4.78 is 29.7. The Kier molecular flexibility index (Phi) is 9.69. The quantitative estimate of drug-likeness (QED) is 0.440. The lowest BCUT2D eigenvalue weighted by molar-refractivity contribution is -0.255. The Bertz CT molecular complexity index is 1160. The molecule has 2 aromatic rings. The van der Waals surface area contributed by atoms with E-state index < -0.39 is 24.2 Å². The molecule has 1 amide bonds. The molecule has 10 nitrogen and oxygen atoms in total. The molecule has 222 valence electrons. The molecule has 0 saturated carbocycles. The number of hydrogen-bond donors (Lipinski definition) is 2. The third-order valence-corrected chi connectivity index (χ3v) is 7.94. The van der Waals surface area contributed by atoms with Crippen LogP contribution < -0.4 is 5.32 Å². The number of rotatable bonds is 9. The predicted octanol–water partition coefficient (Wildman–Crippen LogP) is 3.13. The van der Waals surface area contributed by atoms with Gasteiger partial charge in [-0.05, 0) is 23.6 Å². The maximum absolute atomic E-state index is 12.2. The highest BCUT2D eigenvalue weighted by Crippen LogP contribution is 2.39. The van der Waals surface area contributed by atoms with Crippen molar-refractivity contribution in [3.8, 4) is 0 Å². The van der Waals surface area contributed by atoms with Crippen molar-refractivity contribution in [1.82, 2.24) is 10.2 Å². The topological polar surface area (TPSA) is 116 Å². The molecule has 2 N–H and O–H groups in total. The second-order valence-corrected chi connectivity index (χ2v) is 11.0. The average molecular weight is 569 g/mol. The first-order chi connectivity index (χ1) is 19.8. The van der Waals surface area contributed by atoms with E-state index in [9.17, 15) is 14.7 Å². The molecule has 2 aromatic carbocycles. The number of carbonyl (C=O) groups is 2. The monoisotopic (exact) mass is 568 g/mol. The van der Waals surface area contributed by atoms with Crippen molar-refractivity contribution >= 4 is 11.9 Å². The van der Waals surface area contributed by atoms with E-state index in [0.717, 1.165) is 54.7 Å². The van der Waals surface area contributed by atoms with Crippen LogP contribution in [0.2, 0.25) is 0 Å². The number of amides is 1. The Hall–Kier alpha value is -2.86. The van der Waals surface area contributed by atoms with E-state index in [0.29, 0.717) is 26.2 Å². The Morgan fingerprint density at radius 1 is 1.00 bits per heavy atom. The summed E-state index contributed by atoms with van der Waals surface area (Å²) in [4.78, 5) is 25.7. The van der Waals surface area contributed by atoms with Crippen LogP contribution in [-0.2, 0) is 46.4 Å². The van der Waals surface area contributed by atoms with Gasteiger partial charge in [0.25, 0.3) is 5.91 Å². The summed E-state index contributed by atoms with van der Waals surface area (Å²) in [6, 6.07) is 15.6. The molecule has 4 atom stereocenters. The third kappa shape index (κ3) is 7.71. The Morgan fingerprint density at radius 3 is 2.27 bits per heavy atom. The van der Waals surface area contributed by atoms with E-state index in [1.54, 1.807) is 6.92 Å². The molecule has 5 rings (SSSR count). The van der Waals surface area contributed by atoms with Crippen LogP contribution in [0.5, 0.6) is 0 Å². The molecule has 0 radical (unpaired) electrons. The van der Waals surface area contributed by atoms with Crippen LogP contribution >= 0.6 is 0 Å². The number of benzene rings is 2. The number of esters is 1. The Labute approximate surface area is 240 Å². The number of nitrogens with zero attached hydrogens (tertiary/aromatic N) is 1. The lowest BCUT2D eigenvalue weighted by atomic mass is 9.98. The summed E-state index contributed by atoms with van der Waals surface area (Å²) in [6.07, 6.45) is 0.811. The summed E-state index contributed by atoms with van der Waals surface area (Å²) in [7, 11) is 0. The van der Waals surface area contributed by atoms with Crippen LogP contribution in [0.3, 0.4) is 0 Å². The van der Waals surface area contributed by atoms with Crippen molar-refractivity contribution in [3.05, 3.63) is 70.8 Å². The molecule has 41 heavy (non-hydrogen) atoms. The van der Waals surface area contributed by atoms with E-state index in [4.69, 9.17) is 23.7 Å². The molecule has 1 spiro atoms. The molecule has 10 heteroatoms. The van der Waals surface area contributed by atoms with Gasteiger partial charge in [0.05, 0.1) is 32.0 Å². The lowest BCUT2D eigenvalue weighted by Gasteiger charge is -2.41. The van der Waals surface area contributed by atoms with Gasteiger partial charge in [0.2, 0.25) is 0 Å². The molecule has 3 saturated heterocycles. The van der Waals surface area contributed by atoms with Crippen molar-refractivity contribution in [2.75, 3.05) is 32.8 Å². The molecular weight excluding hydrogens is 528 g/mol. The summed E-state index contributed by atoms with van der Waals surface area (Å²) in [5.41, 5.74) is 3.70. The first-order valence-corrected chi connectivity index (χ1v) is 14.4. The maximum Gasteiger partial charge on any atom is 0.303 e. The van der Waals surface area contributed by atoms with E-state index in [-0.39, 0.29) is 24.7 Å².